The number of rotatable bonds is 2. The van der Waals surface area contributed by atoms with E-state index in [-0.39, 0.29) is 12.1 Å². The lowest BCUT2D eigenvalue weighted by Crippen LogP contribution is -2.30. The molecule has 0 spiro atoms. The Labute approximate surface area is 101 Å². The Bertz CT molecular complexity index is 365. The third-order valence-electron chi connectivity index (χ3n) is 3.71. The summed E-state index contributed by atoms with van der Waals surface area (Å²) in [5, 5.41) is 19.9. The predicted octanol–water partition coefficient (Wildman–Crippen LogP) is 0.792. The summed E-state index contributed by atoms with van der Waals surface area (Å²) in [6.45, 7) is 1.91. The first kappa shape index (κ1) is 12.4. The topological polar surface area (TPSA) is 52.9 Å². The van der Waals surface area contributed by atoms with E-state index in [0.717, 1.165) is 11.3 Å². The van der Waals surface area contributed by atoms with Crippen molar-refractivity contribution >= 4 is 0 Å². The number of likely N-dealkylation sites (tertiary alicyclic amines) is 1. The first-order chi connectivity index (χ1) is 8.06. The molecule has 1 saturated heterocycles. The van der Waals surface area contributed by atoms with E-state index in [1.807, 2.05) is 43.1 Å². The van der Waals surface area contributed by atoms with Gasteiger partial charge in [0, 0.05) is 6.04 Å². The average molecular weight is 237 g/mol. The van der Waals surface area contributed by atoms with Crippen LogP contribution in [-0.2, 0) is 0 Å². The summed E-state index contributed by atoms with van der Waals surface area (Å²) in [7, 11) is 3.54. The van der Waals surface area contributed by atoms with E-state index < -0.39 is 12.2 Å². The van der Waals surface area contributed by atoms with Crippen molar-refractivity contribution in [2.24, 2.45) is 0 Å². The van der Waals surface area contributed by atoms with Crippen LogP contribution in [0.1, 0.15) is 18.5 Å². The van der Waals surface area contributed by atoms with E-state index in [1.54, 1.807) is 7.11 Å². The molecule has 0 saturated carbocycles. The second-order valence-electron chi connectivity index (χ2n) is 4.61. The van der Waals surface area contributed by atoms with Crippen LogP contribution in [0.25, 0.3) is 0 Å². The summed E-state index contributed by atoms with van der Waals surface area (Å²) in [5.74, 6) is 0.789. The standard InChI is InChI=1S/C13H19NO3/c1-8-12(15)13(16)11(14(8)2)9-4-6-10(17-3)7-5-9/h4-8,11-13,15-16H,1-3H3. The summed E-state index contributed by atoms with van der Waals surface area (Å²) < 4.78 is 5.10. The average Bonchev–Trinajstić information content (AvgIpc) is 2.54. The molecule has 4 nitrogen and oxygen atoms in total. The number of hydrogen-bond donors (Lipinski definition) is 2. The minimum absolute atomic E-state index is 0.0444. The Balaban J connectivity index is 2.26. The summed E-state index contributed by atoms with van der Waals surface area (Å²) in [5.41, 5.74) is 0.990. The van der Waals surface area contributed by atoms with Crippen molar-refractivity contribution in [3.05, 3.63) is 29.8 Å². The molecule has 0 amide bonds. The maximum Gasteiger partial charge on any atom is 0.118 e. The fraction of sp³-hybridized carbons (Fsp3) is 0.538. The fourth-order valence-corrected chi connectivity index (χ4v) is 2.44. The van der Waals surface area contributed by atoms with Crippen LogP contribution < -0.4 is 4.74 Å². The lowest BCUT2D eigenvalue weighted by atomic mass is 10.0. The van der Waals surface area contributed by atoms with Gasteiger partial charge in [-0.3, -0.25) is 4.90 Å². The Morgan fingerprint density at radius 3 is 2.12 bits per heavy atom. The molecule has 0 bridgehead atoms. The quantitative estimate of drug-likeness (QED) is 0.798. The molecular weight excluding hydrogens is 218 g/mol. The van der Waals surface area contributed by atoms with Crippen LogP contribution in [-0.4, -0.2) is 47.5 Å². The summed E-state index contributed by atoms with van der Waals surface area (Å²) in [6, 6.07) is 7.38. The van der Waals surface area contributed by atoms with Crippen molar-refractivity contribution in [3.63, 3.8) is 0 Å². The van der Waals surface area contributed by atoms with Crippen molar-refractivity contribution in [1.82, 2.24) is 4.90 Å². The van der Waals surface area contributed by atoms with Crippen LogP contribution in [0.4, 0.5) is 0 Å². The Morgan fingerprint density at radius 1 is 1.12 bits per heavy atom. The summed E-state index contributed by atoms with van der Waals surface area (Å²) in [4.78, 5) is 2.00. The predicted molar refractivity (Wildman–Crippen MR) is 65.0 cm³/mol. The highest BCUT2D eigenvalue weighted by Crippen LogP contribution is 2.35. The van der Waals surface area contributed by atoms with Crippen molar-refractivity contribution in [3.8, 4) is 5.75 Å². The van der Waals surface area contributed by atoms with Crippen LogP contribution in [0.3, 0.4) is 0 Å². The monoisotopic (exact) mass is 237 g/mol. The number of nitrogens with zero attached hydrogens (tertiary/aromatic N) is 1. The van der Waals surface area contributed by atoms with E-state index in [0.29, 0.717) is 0 Å². The molecule has 1 aromatic rings. The number of hydrogen-bond acceptors (Lipinski definition) is 4. The molecule has 0 radical (unpaired) electrons. The highest BCUT2D eigenvalue weighted by Gasteiger charge is 2.43. The molecule has 1 aliphatic heterocycles. The zero-order valence-electron chi connectivity index (χ0n) is 10.4. The molecule has 4 atom stereocenters. The van der Waals surface area contributed by atoms with Gasteiger partial charge in [0.15, 0.2) is 0 Å². The van der Waals surface area contributed by atoms with Gasteiger partial charge in [-0.15, -0.1) is 0 Å². The third kappa shape index (κ3) is 2.04. The van der Waals surface area contributed by atoms with E-state index >= 15 is 0 Å². The maximum absolute atomic E-state index is 10.1. The van der Waals surface area contributed by atoms with Gasteiger partial charge < -0.3 is 14.9 Å². The van der Waals surface area contributed by atoms with Gasteiger partial charge in [0.25, 0.3) is 0 Å². The normalized spacial score (nSPS) is 33.9. The molecule has 4 unspecified atom stereocenters. The Kier molecular flexibility index (Phi) is 3.38. The zero-order valence-corrected chi connectivity index (χ0v) is 10.4. The van der Waals surface area contributed by atoms with Crippen molar-refractivity contribution in [2.45, 2.75) is 31.2 Å². The Morgan fingerprint density at radius 2 is 1.71 bits per heavy atom. The first-order valence-electron chi connectivity index (χ1n) is 5.78. The number of methoxy groups -OCH3 is 1. The van der Waals surface area contributed by atoms with Gasteiger partial charge in [0.05, 0.1) is 19.3 Å². The smallest absolute Gasteiger partial charge is 0.118 e. The minimum atomic E-state index is -0.747. The number of benzene rings is 1. The van der Waals surface area contributed by atoms with Crippen LogP contribution in [0.2, 0.25) is 0 Å². The number of ether oxygens (including phenoxy) is 1. The molecule has 2 rings (SSSR count). The largest absolute Gasteiger partial charge is 0.497 e. The van der Waals surface area contributed by atoms with Crippen molar-refractivity contribution in [1.29, 1.82) is 0 Å². The molecule has 1 heterocycles. The molecule has 1 aromatic carbocycles. The highest BCUT2D eigenvalue weighted by atomic mass is 16.5. The number of aliphatic hydroxyl groups is 2. The van der Waals surface area contributed by atoms with Crippen LogP contribution in [0.15, 0.2) is 24.3 Å². The molecule has 17 heavy (non-hydrogen) atoms. The van der Waals surface area contributed by atoms with Gasteiger partial charge in [-0.1, -0.05) is 12.1 Å². The maximum atomic E-state index is 10.1. The van der Waals surface area contributed by atoms with Crippen molar-refractivity contribution in [2.75, 3.05) is 14.2 Å². The second-order valence-corrected chi connectivity index (χ2v) is 4.61. The fourth-order valence-electron chi connectivity index (χ4n) is 2.44. The number of likely N-dealkylation sites (N-methyl/N-ethyl adjacent to an activating group) is 1. The molecular formula is C13H19NO3. The lowest BCUT2D eigenvalue weighted by Gasteiger charge is -2.24. The van der Waals surface area contributed by atoms with E-state index in [9.17, 15) is 10.2 Å². The SMILES string of the molecule is COc1ccc(C2C(O)C(O)C(C)N2C)cc1. The van der Waals surface area contributed by atoms with Gasteiger partial charge >= 0.3 is 0 Å². The van der Waals surface area contributed by atoms with Gasteiger partial charge in [-0.05, 0) is 31.7 Å². The third-order valence-corrected chi connectivity index (χ3v) is 3.71. The Hall–Kier alpha value is -1.10. The first-order valence-corrected chi connectivity index (χ1v) is 5.78. The van der Waals surface area contributed by atoms with E-state index in [4.69, 9.17) is 4.74 Å². The van der Waals surface area contributed by atoms with E-state index in [2.05, 4.69) is 0 Å². The molecule has 1 aliphatic rings. The molecule has 94 valence electrons. The number of aliphatic hydroxyl groups excluding tert-OH is 2. The minimum Gasteiger partial charge on any atom is -0.497 e. The highest BCUT2D eigenvalue weighted by molar-refractivity contribution is 5.31. The molecule has 2 N–H and O–H groups in total. The lowest BCUT2D eigenvalue weighted by molar-refractivity contribution is 0.0300. The van der Waals surface area contributed by atoms with E-state index in [1.165, 1.54) is 0 Å². The van der Waals surface area contributed by atoms with Gasteiger partial charge in [-0.2, -0.15) is 0 Å². The molecule has 1 fully saturated rings. The van der Waals surface area contributed by atoms with Crippen LogP contribution in [0.5, 0.6) is 5.75 Å². The van der Waals surface area contributed by atoms with Crippen LogP contribution >= 0.6 is 0 Å². The molecule has 0 aliphatic carbocycles. The van der Waals surface area contributed by atoms with Gasteiger partial charge in [0.1, 0.15) is 11.9 Å². The summed E-state index contributed by atoms with van der Waals surface area (Å²) >= 11 is 0. The van der Waals surface area contributed by atoms with Crippen LogP contribution in [0, 0.1) is 0 Å². The van der Waals surface area contributed by atoms with Gasteiger partial charge in [0.2, 0.25) is 0 Å². The van der Waals surface area contributed by atoms with Gasteiger partial charge in [-0.25, -0.2) is 0 Å². The molecule has 4 heteroatoms. The second kappa shape index (κ2) is 4.64. The van der Waals surface area contributed by atoms with Crippen molar-refractivity contribution < 1.29 is 14.9 Å². The zero-order chi connectivity index (χ0) is 12.6. The summed E-state index contributed by atoms with van der Waals surface area (Å²) in [6.07, 6.45) is -1.45. The molecule has 0 aromatic heterocycles.